The van der Waals surface area contributed by atoms with Gasteiger partial charge in [-0.3, -0.25) is 0 Å². The minimum Gasteiger partial charge on any atom is -0.454 e. The topological polar surface area (TPSA) is 69.9 Å². The van der Waals surface area contributed by atoms with Crippen molar-refractivity contribution in [1.29, 1.82) is 0 Å². The summed E-state index contributed by atoms with van der Waals surface area (Å²) in [7, 11) is 0. The lowest BCUT2D eigenvalue weighted by atomic mass is 10.0. The maximum Gasteiger partial charge on any atom is 0.164 e. The van der Waals surface area contributed by atoms with E-state index < -0.39 is 0 Å². The number of furan rings is 2. The van der Waals surface area contributed by atoms with Gasteiger partial charge in [-0.05, 0) is 41.1 Å². The predicted octanol–water partition coefficient (Wildman–Crippen LogP) is 11.8. The van der Waals surface area contributed by atoms with E-state index in [4.69, 9.17) is 23.8 Å². The van der Waals surface area contributed by atoms with Crippen LogP contribution in [0.3, 0.4) is 0 Å². The zero-order valence-electron chi connectivity index (χ0n) is 27.1. The van der Waals surface area contributed by atoms with Crippen LogP contribution in [0.1, 0.15) is 0 Å². The van der Waals surface area contributed by atoms with E-state index in [0.717, 1.165) is 88.1 Å². The van der Waals surface area contributed by atoms with Crippen molar-refractivity contribution in [3.8, 4) is 39.9 Å². The molecule has 6 heteroatoms. The third-order valence-corrected chi connectivity index (χ3v) is 9.85. The van der Waals surface area contributed by atoms with Gasteiger partial charge in [-0.2, -0.15) is 0 Å². The third-order valence-electron chi connectivity index (χ3n) is 9.85. The minimum atomic E-state index is 0.586. The molecule has 0 N–H and O–H groups in total. The van der Waals surface area contributed by atoms with Crippen LogP contribution in [0.25, 0.3) is 106 Å². The summed E-state index contributed by atoms with van der Waals surface area (Å²) in [5.74, 6) is 1.82. The molecular formula is C45H26N4O2. The van der Waals surface area contributed by atoms with Crippen molar-refractivity contribution in [2.45, 2.75) is 0 Å². The Labute approximate surface area is 290 Å². The van der Waals surface area contributed by atoms with Crippen LogP contribution >= 0.6 is 0 Å². The van der Waals surface area contributed by atoms with Crippen molar-refractivity contribution in [2.24, 2.45) is 0 Å². The van der Waals surface area contributed by atoms with Crippen LogP contribution in [0.2, 0.25) is 0 Å². The van der Waals surface area contributed by atoms with Crippen LogP contribution < -0.4 is 0 Å². The molecule has 51 heavy (non-hydrogen) atoms. The summed E-state index contributed by atoms with van der Waals surface area (Å²) in [5.41, 5.74) is 8.98. The molecule has 0 aliphatic heterocycles. The molecular weight excluding hydrogens is 629 g/mol. The van der Waals surface area contributed by atoms with Crippen molar-refractivity contribution in [1.82, 2.24) is 19.5 Å². The Morgan fingerprint density at radius 1 is 0.412 bits per heavy atom. The molecule has 0 saturated heterocycles. The van der Waals surface area contributed by atoms with Crippen molar-refractivity contribution in [2.75, 3.05) is 0 Å². The zero-order valence-corrected chi connectivity index (χ0v) is 27.1. The van der Waals surface area contributed by atoms with E-state index in [2.05, 4.69) is 89.5 Å². The molecule has 238 valence electrons. The van der Waals surface area contributed by atoms with E-state index in [1.807, 2.05) is 72.8 Å². The summed E-state index contributed by atoms with van der Waals surface area (Å²) in [5, 5.41) is 6.38. The average molecular weight is 655 g/mol. The lowest BCUT2D eigenvalue weighted by Crippen LogP contribution is -2.00. The Hall–Kier alpha value is -7.05. The van der Waals surface area contributed by atoms with Gasteiger partial charge in [0, 0.05) is 32.8 Å². The molecule has 0 atom stereocenters. The monoisotopic (exact) mass is 654 g/mol. The van der Waals surface area contributed by atoms with Crippen molar-refractivity contribution in [3.05, 3.63) is 158 Å². The molecule has 11 aromatic rings. The molecule has 0 aliphatic carbocycles. The van der Waals surface area contributed by atoms with Gasteiger partial charge in [0.2, 0.25) is 0 Å². The molecule has 0 radical (unpaired) electrons. The number of para-hydroxylation sites is 2. The Morgan fingerprint density at radius 3 is 1.80 bits per heavy atom. The number of aromatic nitrogens is 4. The highest BCUT2D eigenvalue weighted by atomic mass is 16.3. The highest BCUT2D eigenvalue weighted by Gasteiger charge is 2.24. The van der Waals surface area contributed by atoms with Crippen molar-refractivity contribution in [3.63, 3.8) is 0 Å². The first-order valence-corrected chi connectivity index (χ1v) is 17.0. The van der Waals surface area contributed by atoms with Crippen LogP contribution in [0.15, 0.2) is 167 Å². The Kier molecular flexibility index (Phi) is 5.86. The Morgan fingerprint density at radius 2 is 1.02 bits per heavy atom. The maximum absolute atomic E-state index is 6.85. The molecule has 7 aromatic carbocycles. The van der Waals surface area contributed by atoms with E-state index in [9.17, 15) is 0 Å². The van der Waals surface area contributed by atoms with Crippen LogP contribution in [0.5, 0.6) is 0 Å². The lowest BCUT2D eigenvalue weighted by molar-refractivity contribution is 0.666. The van der Waals surface area contributed by atoms with E-state index in [1.165, 1.54) is 0 Å². The highest BCUT2D eigenvalue weighted by molar-refractivity contribution is 6.24. The zero-order chi connectivity index (χ0) is 33.5. The second-order valence-corrected chi connectivity index (χ2v) is 12.8. The quantitative estimate of drug-likeness (QED) is 0.189. The van der Waals surface area contributed by atoms with Gasteiger partial charge in [-0.1, -0.05) is 127 Å². The molecule has 0 aliphatic rings. The first-order valence-electron chi connectivity index (χ1n) is 17.0. The van der Waals surface area contributed by atoms with Crippen LogP contribution in [-0.2, 0) is 0 Å². The molecule has 0 amide bonds. The van der Waals surface area contributed by atoms with E-state index in [-0.39, 0.29) is 0 Å². The first kappa shape index (κ1) is 27.9. The minimum absolute atomic E-state index is 0.586. The van der Waals surface area contributed by atoms with Crippen molar-refractivity contribution >= 4 is 65.7 Å². The van der Waals surface area contributed by atoms with Crippen molar-refractivity contribution < 1.29 is 8.83 Å². The number of nitrogens with zero attached hydrogens (tertiary/aromatic N) is 4. The number of hydrogen-bond donors (Lipinski definition) is 0. The largest absolute Gasteiger partial charge is 0.454 e. The summed E-state index contributed by atoms with van der Waals surface area (Å²) < 4.78 is 15.8. The molecule has 11 rings (SSSR count). The lowest BCUT2D eigenvalue weighted by Gasteiger charge is -2.10. The fourth-order valence-corrected chi connectivity index (χ4v) is 7.60. The summed E-state index contributed by atoms with van der Waals surface area (Å²) in [4.78, 5) is 15.0. The Bertz CT molecular complexity index is 3080. The molecule has 6 nitrogen and oxygen atoms in total. The standard InChI is InChI=1S/C45H26N4O2/c1-3-14-28(15-4-1)43-46-44(29-16-5-2-6-17-29)48-45(47-43)33-21-12-24-36-38(33)32-20-11-23-35(41(32)50-36)49-34-22-10-9-19-31(34)42-40(49)39-30-18-8-7-13-27(30)25-26-37(39)51-42/h1-26H. The van der Waals surface area contributed by atoms with Gasteiger partial charge in [0.1, 0.15) is 16.7 Å². The fraction of sp³-hybridized carbons (Fsp3) is 0. The van der Waals surface area contributed by atoms with Gasteiger partial charge in [0.05, 0.1) is 16.6 Å². The van der Waals surface area contributed by atoms with Gasteiger partial charge in [0.25, 0.3) is 0 Å². The number of fused-ring (bicyclic) bond motifs is 10. The molecule has 0 unspecified atom stereocenters. The number of benzene rings is 7. The fourth-order valence-electron chi connectivity index (χ4n) is 7.60. The highest BCUT2D eigenvalue weighted by Crippen LogP contribution is 2.44. The summed E-state index contributed by atoms with van der Waals surface area (Å²) >= 11 is 0. The molecule has 0 saturated carbocycles. The van der Waals surface area contributed by atoms with Gasteiger partial charge in [-0.25, -0.2) is 15.0 Å². The van der Waals surface area contributed by atoms with E-state index >= 15 is 0 Å². The van der Waals surface area contributed by atoms with E-state index in [1.54, 1.807) is 0 Å². The van der Waals surface area contributed by atoms with Gasteiger partial charge >= 0.3 is 0 Å². The Balaban J connectivity index is 1.21. The smallest absolute Gasteiger partial charge is 0.164 e. The SMILES string of the molecule is c1ccc(-c2nc(-c3ccccc3)nc(-c3cccc4oc5c(-n6c7ccccc7c7oc8ccc9ccccc9c8c76)cccc5c34)n2)cc1. The number of hydrogen-bond acceptors (Lipinski definition) is 5. The molecule has 0 spiro atoms. The number of rotatable bonds is 4. The van der Waals surface area contributed by atoms with Crippen LogP contribution in [0, 0.1) is 0 Å². The molecule has 4 heterocycles. The predicted molar refractivity (Wildman–Crippen MR) is 205 cm³/mol. The molecule has 0 fully saturated rings. The van der Waals surface area contributed by atoms with Gasteiger partial charge in [0.15, 0.2) is 28.6 Å². The van der Waals surface area contributed by atoms with Gasteiger partial charge in [-0.15, -0.1) is 0 Å². The normalized spacial score (nSPS) is 11.9. The molecule has 0 bridgehead atoms. The summed E-state index contributed by atoms with van der Waals surface area (Å²) in [6.07, 6.45) is 0. The maximum atomic E-state index is 6.85. The van der Waals surface area contributed by atoms with E-state index in [0.29, 0.717) is 17.5 Å². The van der Waals surface area contributed by atoms with Gasteiger partial charge < -0.3 is 13.4 Å². The average Bonchev–Trinajstić information content (AvgIpc) is 3.87. The second-order valence-electron chi connectivity index (χ2n) is 12.8. The second kappa shape index (κ2) is 10.7. The van der Waals surface area contributed by atoms with Crippen LogP contribution in [-0.4, -0.2) is 19.5 Å². The third kappa shape index (κ3) is 4.14. The van der Waals surface area contributed by atoms with Crippen LogP contribution in [0.4, 0.5) is 0 Å². The summed E-state index contributed by atoms with van der Waals surface area (Å²) in [6, 6.07) is 53.6. The first-order chi connectivity index (χ1) is 25.3. The summed E-state index contributed by atoms with van der Waals surface area (Å²) in [6.45, 7) is 0. The molecule has 4 aromatic heterocycles.